The molecule has 0 aliphatic carbocycles. The van der Waals surface area contributed by atoms with Crippen LogP contribution >= 0.6 is 27.3 Å². The van der Waals surface area contributed by atoms with Crippen molar-refractivity contribution in [1.82, 2.24) is 4.98 Å². The molecule has 0 radical (unpaired) electrons. The van der Waals surface area contributed by atoms with Crippen LogP contribution in [0.25, 0.3) is 0 Å². The Hall–Kier alpha value is -2.18. The molecular weight excluding hydrogens is 412 g/mol. The number of carbonyl (C=O) groups is 1. The van der Waals surface area contributed by atoms with Crippen molar-refractivity contribution in [3.63, 3.8) is 0 Å². The van der Waals surface area contributed by atoms with Gasteiger partial charge in [0.1, 0.15) is 17.4 Å². The second-order valence-corrected chi connectivity index (χ2v) is 7.94. The maximum Gasteiger partial charge on any atom is 0.233 e. The summed E-state index contributed by atoms with van der Waals surface area (Å²) >= 11 is 5.01. The Balaban J connectivity index is 1.38. The number of ether oxygens (including phenoxy) is 1. The van der Waals surface area contributed by atoms with Gasteiger partial charge in [-0.2, -0.15) is 0 Å². The summed E-state index contributed by atoms with van der Waals surface area (Å²) in [4.78, 5) is 19.1. The molecule has 2 aromatic carbocycles. The van der Waals surface area contributed by atoms with E-state index in [-0.39, 0.29) is 5.91 Å². The van der Waals surface area contributed by atoms with Gasteiger partial charge in [-0.1, -0.05) is 34.1 Å². The number of fused-ring (bicyclic) bond motifs is 1. The number of hydrogen-bond donors (Lipinski definition) is 0. The average Bonchev–Trinajstić information content (AvgIpc) is 3.27. The van der Waals surface area contributed by atoms with Crippen LogP contribution < -0.4 is 9.64 Å². The molecule has 0 bridgehead atoms. The van der Waals surface area contributed by atoms with Gasteiger partial charge in [0.05, 0.1) is 12.1 Å². The lowest BCUT2D eigenvalue weighted by molar-refractivity contribution is -0.117. The Morgan fingerprint density at radius 3 is 2.92 bits per heavy atom. The molecule has 0 N–H and O–H groups in total. The Morgan fingerprint density at radius 2 is 2.08 bits per heavy atom. The van der Waals surface area contributed by atoms with Crippen molar-refractivity contribution in [2.45, 2.75) is 19.4 Å². The van der Waals surface area contributed by atoms with Gasteiger partial charge in [0.2, 0.25) is 5.91 Å². The number of aromatic nitrogens is 1. The van der Waals surface area contributed by atoms with E-state index >= 15 is 0 Å². The molecule has 0 fully saturated rings. The lowest BCUT2D eigenvalue weighted by Gasteiger charge is -2.16. The average molecular weight is 429 g/mol. The third kappa shape index (κ3) is 3.81. The first-order valence-electron chi connectivity index (χ1n) is 8.39. The van der Waals surface area contributed by atoms with E-state index in [1.54, 1.807) is 0 Å². The predicted molar refractivity (Wildman–Crippen MR) is 107 cm³/mol. The number of rotatable bonds is 5. The highest BCUT2D eigenvalue weighted by molar-refractivity contribution is 9.10. The number of thiazole rings is 1. The maximum atomic E-state index is 12.7. The van der Waals surface area contributed by atoms with E-state index in [1.165, 1.54) is 16.9 Å². The Kier molecular flexibility index (Phi) is 5.04. The quantitative estimate of drug-likeness (QED) is 0.595. The molecule has 2 heterocycles. The molecule has 3 aromatic rings. The largest absolute Gasteiger partial charge is 0.486 e. The minimum absolute atomic E-state index is 0.0897. The molecule has 1 aliphatic rings. The molecule has 4 rings (SSSR count). The normalized spacial score (nSPS) is 12.9. The molecule has 0 unspecified atom stereocenters. The fourth-order valence-corrected chi connectivity index (χ4v) is 4.15. The molecule has 1 amide bonds. The number of carbonyl (C=O) groups excluding carboxylic acids is 1. The zero-order chi connectivity index (χ0) is 17.9. The van der Waals surface area contributed by atoms with Crippen LogP contribution in [-0.2, 0) is 24.2 Å². The summed E-state index contributed by atoms with van der Waals surface area (Å²) in [5.41, 5.74) is 3.03. The van der Waals surface area contributed by atoms with Crippen LogP contribution in [0.3, 0.4) is 0 Å². The molecule has 0 saturated heterocycles. The number of benzene rings is 2. The summed E-state index contributed by atoms with van der Waals surface area (Å²) in [5, 5.41) is 2.82. The highest BCUT2D eigenvalue weighted by Gasteiger charge is 2.25. The highest BCUT2D eigenvalue weighted by atomic mass is 79.9. The van der Waals surface area contributed by atoms with Crippen molar-refractivity contribution in [3.05, 3.63) is 74.6 Å². The fraction of sp³-hybridized carbons (Fsp3) is 0.200. The van der Waals surface area contributed by atoms with E-state index in [1.807, 2.05) is 52.7 Å². The number of amides is 1. The van der Waals surface area contributed by atoms with Gasteiger partial charge in [-0.05, 0) is 42.3 Å². The van der Waals surface area contributed by atoms with Gasteiger partial charge in [0.15, 0.2) is 0 Å². The van der Waals surface area contributed by atoms with E-state index in [0.29, 0.717) is 13.0 Å². The number of halogens is 1. The van der Waals surface area contributed by atoms with Crippen LogP contribution in [0.1, 0.15) is 16.3 Å². The van der Waals surface area contributed by atoms with Crippen LogP contribution in [0.5, 0.6) is 5.75 Å². The molecule has 1 aliphatic heterocycles. The monoisotopic (exact) mass is 428 g/mol. The second-order valence-electron chi connectivity index (χ2n) is 6.08. The van der Waals surface area contributed by atoms with Crippen molar-refractivity contribution in [2.75, 3.05) is 11.4 Å². The van der Waals surface area contributed by atoms with Gasteiger partial charge in [-0.3, -0.25) is 4.79 Å². The fourth-order valence-electron chi connectivity index (χ4n) is 3.04. The van der Waals surface area contributed by atoms with Crippen LogP contribution in [0.15, 0.2) is 58.4 Å². The summed E-state index contributed by atoms with van der Waals surface area (Å²) in [6, 6.07) is 15.7. The van der Waals surface area contributed by atoms with Crippen LogP contribution in [0.2, 0.25) is 0 Å². The maximum absolute atomic E-state index is 12.7. The number of hydrogen-bond acceptors (Lipinski definition) is 4. The lowest BCUT2D eigenvalue weighted by Crippen LogP contribution is -2.30. The smallest absolute Gasteiger partial charge is 0.233 e. The van der Waals surface area contributed by atoms with Gasteiger partial charge < -0.3 is 9.64 Å². The summed E-state index contributed by atoms with van der Waals surface area (Å²) in [6.07, 6.45) is 1.21. The predicted octanol–water partition coefficient (Wildman–Crippen LogP) is 4.62. The topological polar surface area (TPSA) is 42.4 Å². The van der Waals surface area contributed by atoms with Crippen LogP contribution in [-0.4, -0.2) is 17.4 Å². The molecule has 4 nitrogen and oxygen atoms in total. The molecule has 0 atom stereocenters. The SMILES string of the molecule is O=C(Cc1csc(COc2ccccc2)n1)N1CCc2cc(Br)ccc21. The Bertz CT molecular complexity index is 927. The van der Waals surface area contributed by atoms with Gasteiger partial charge in [0, 0.05) is 22.1 Å². The summed E-state index contributed by atoms with van der Waals surface area (Å²) < 4.78 is 6.77. The van der Waals surface area contributed by atoms with Crippen molar-refractivity contribution in [1.29, 1.82) is 0 Å². The second kappa shape index (κ2) is 7.60. The molecule has 132 valence electrons. The molecule has 6 heteroatoms. The minimum Gasteiger partial charge on any atom is -0.486 e. The first-order valence-corrected chi connectivity index (χ1v) is 10.1. The zero-order valence-corrected chi connectivity index (χ0v) is 16.4. The summed E-state index contributed by atoms with van der Waals surface area (Å²) in [6.45, 7) is 1.15. The van der Waals surface area contributed by atoms with Gasteiger partial charge in [-0.15, -0.1) is 11.3 Å². The van der Waals surface area contributed by atoms with Crippen molar-refractivity contribution >= 4 is 38.9 Å². The first-order chi connectivity index (χ1) is 12.7. The highest BCUT2D eigenvalue weighted by Crippen LogP contribution is 2.31. The van der Waals surface area contributed by atoms with Crippen LogP contribution in [0, 0.1) is 0 Å². The summed E-state index contributed by atoms with van der Waals surface area (Å²) in [7, 11) is 0. The Labute approximate surface area is 164 Å². The molecular formula is C20H17BrN2O2S. The molecule has 0 spiro atoms. The summed E-state index contributed by atoms with van der Waals surface area (Å²) in [5.74, 6) is 0.909. The van der Waals surface area contributed by atoms with Gasteiger partial charge in [-0.25, -0.2) is 4.98 Å². The van der Waals surface area contributed by atoms with Crippen molar-refractivity contribution in [2.24, 2.45) is 0 Å². The molecule has 0 saturated carbocycles. The number of nitrogens with zero attached hydrogens (tertiary/aromatic N) is 2. The van der Waals surface area contributed by atoms with E-state index in [0.717, 1.165) is 39.6 Å². The van der Waals surface area contributed by atoms with E-state index in [9.17, 15) is 4.79 Å². The minimum atomic E-state index is 0.0897. The third-order valence-electron chi connectivity index (χ3n) is 4.28. The molecule has 1 aromatic heterocycles. The lowest BCUT2D eigenvalue weighted by atomic mass is 10.2. The zero-order valence-electron chi connectivity index (χ0n) is 14.0. The first kappa shape index (κ1) is 17.2. The van der Waals surface area contributed by atoms with Gasteiger partial charge >= 0.3 is 0 Å². The standard InChI is InChI=1S/C20H17BrN2O2S/c21-15-6-7-18-14(10-15)8-9-23(18)20(24)11-16-13-26-19(22-16)12-25-17-4-2-1-3-5-17/h1-7,10,13H,8-9,11-12H2. The van der Waals surface area contributed by atoms with E-state index in [2.05, 4.69) is 27.0 Å². The number of para-hydroxylation sites is 1. The van der Waals surface area contributed by atoms with Crippen molar-refractivity contribution in [3.8, 4) is 5.75 Å². The Morgan fingerprint density at radius 1 is 1.23 bits per heavy atom. The van der Waals surface area contributed by atoms with Crippen molar-refractivity contribution < 1.29 is 9.53 Å². The third-order valence-corrected chi connectivity index (χ3v) is 5.64. The van der Waals surface area contributed by atoms with Gasteiger partial charge in [0.25, 0.3) is 0 Å². The van der Waals surface area contributed by atoms with E-state index < -0.39 is 0 Å². The van der Waals surface area contributed by atoms with Crippen LogP contribution in [0.4, 0.5) is 5.69 Å². The van der Waals surface area contributed by atoms with E-state index in [4.69, 9.17) is 4.74 Å². The molecule has 26 heavy (non-hydrogen) atoms. The number of anilines is 1.